The molecule has 1 aliphatic rings. The van der Waals surface area contributed by atoms with Crippen molar-refractivity contribution in [2.24, 2.45) is 0 Å². The molecular weight excluding hydrogens is 204 g/mol. The van der Waals surface area contributed by atoms with Gasteiger partial charge in [0.15, 0.2) is 0 Å². The van der Waals surface area contributed by atoms with E-state index in [2.05, 4.69) is 0 Å². The average Bonchev–Trinajstić information content (AvgIpc) is 2.55. The Bertz CT molecular complexity index is 453. The van der Waals surface area contributed by atoms with E-state index in [4.69, 9.17) is 5.26 Å². The first-order chi connectivity index (χ1) is 7.75. The summed E-state index contributed by atoms with van der Waals surface area (Å²) in [6.07, 6.45) is 0.884. The number of unbranched alkanes of at least 4 members (excludes halogenated alkanes) is 1. The monoisotopic (exact) mass is 214 g/mol. The zero-order chi connectivity index (χ0) is 11.5. The molecule has 0 aliphatic carbocycles. The van der Waals surface area contributed by atoms with Crippen LogP contribution in [-0.4, -0.2) is 23.3 Å². The van der Waals surface area contributed by atoms with Crippen LogP contribution in [0.15, 0.2) is 24.3 Å². The van der Waals surface area contributed by atoms with Gasteiger partial charge in [-0.1, -0.05) is 12.1 Å². The van der Waals surface area contributed by atoms with E-state index in [0.717, 1.165) is 0 Å². The number of rotatable bonds is 3. The van der Waals surface area contributed by atoms with Crippen molar-refractivity contribution in [3.63, 3.8) is 0 Å². The normalized spacial score (nSPS) is 13.8. The molecule has 0 N–H and O–H groups in total. The van der Waals surface area contributed by atoms with E-state index in [1.807, 2.05) is 6.07 Å². The summed E-state index contributed by atoms with van der Waals surface area (Å²) in [5.74, 6) is -0.503. The number of fused-ring (bicyclic) bond motifs is 1. The Morgan fingerprint density at radius 2 is 1.69 bits per heavy atom. The summed E-state index contributed by atoms with van der Waals surface area (Å²) < 4.78 is 0. The summed E-state index contributed by atoms with van der Waals surface area (Å²) in [6, 6.07) is 8.78. The molecule has 0 bridgehead atoms. The third-order valence-corrected chi connectivity index (χ3v) is 2.55. The van der Waals surface area contributed by atoms with Gasteiger partial charge in [0, 0.05) is 13.0 Å². The summed E-state index contributed by atoms with van der Waals surface area (Å²) in [5, 5.41) is 8.41. The number of amides is 2. The molecular formula is C12H10N2O2. The third-order valence-electron chi connectivity index (χ3n) is 2.55. The molecule has 0 saturated carbocycles. The Labute approximate surface area is 93.1 Å². The van der Waals surface area contributed by atoms with Crippen LogP contribution in [0.2, 0.25) is 0 Å². The van der Waals surface area contributed by atoms with Gasteiger partial charge in [-0.2, -0.15) is 5.26 Å². The highest BCUT2D eigenvalue weighted by atomic mass is 16.2. The van der Waals surface area contributed by atoms with Gasteiger partial charge in [0.05, 0.1) is 17.2 Å². The molecule has 1 aliphatic heterocycles. The minimum atomic E-state index is -0.251. The molecule has 0 aromatic heterocycles. The highest BCUT2D eigenvalue weighted by Gasteiger charge is 2.34. The molecule has 1 aromatic carbocycles. The van der Waals surface area contributed by atoms with Crippen molar-refractivity contribution in [1.29, 1.82) is 5.26 Å². The Balaban J connectivity index is 2.19. The number of carbonyl (C=O) groups is 2. The summed E-state index contributed by atoms with van der Waals surface area (Å²) in [7, 11) is 0. The Hall–Kier alpha value is -2.15. The van der Waals surface area contributed by atoms with E-state index in [-0.39, 0.29) is 11.8 Å². The number of nitriles is 1. The van der Waals surface area contributed by atoms with Gasteiger partial charge in [0.2, 0.25) is 0 Å². The first-order valence-corrected chi connectivity index (χ1v) is 5.08. The predicted octanol–water partition coefficient (Wildman–Crippen LogP) is 1.59. The number of benzene rings is 1. The van der Waals surface area contributed by atoms with Gasteiger partial charge in [-0.25, -0.2) is 0 Å². The van der Waals surface area contributed by atoms with Crippen LogP contribution in [0.1, 0.15) is 33.6 Å². The first kappa shape index (κ1) is 10.4. The van der Waals surface area contributed by atoms with Crippen molar-refractivity contribution in [2.45, 2.75) is 12.8 Å². The molecule has 0 unspecified atom stereocenters. The fourth-order valence-electron chi connectivity index (χ4n) is 1.76. The van der Waals surface area contributed by atoms with Crippen LogP contribution in [0, 0.1) is 11.3 Å². The standard InChI is InChI=1S/C12H10N2O2/c13-7-3-4-8-14-11(15)9-5-1-2-6-10(9)12(14)16/h1-2,5-6H,3-4,8H2. The molecule has 2 rings (SSSR count). The molecule has 1 heterocycles. The molecule has 16 heavy (non-hydrogen) atoms. The maximum Gasteiger partial charge on any atom is 0.261 e. The van der Waals surface area contributed by atoms with Crippen molar-refractivity contribution < 1.29 is 9.59 Å². The van der Waals surface area contributed by atoms with Gasteiger partial charge in [0.25, 0.3) is 11.8 Å². The minimum absolute atomic E-state index is 0.251. The lowest BCUT2D eigenvalue weighted by molar-refractivity contribution is 0.0653. The Kier molecular flexibility index (Phi) is 2.69. The van der Waals surface area contributed by atoms with Crippen LogP contribution in [0.25, 0.3) is 0 Å². The molecule has 0 fully saturated rings. The van der Waals surface area contributed by atoms with Gasteiger partial charge in [0.1, 0.15) is 0 Å². The summed E-state index contributed by atoms with van der Waals surface area (Å²) in [4.78, 5) is 24.9. The second-order valence-electron chi connectivity index (χ2n) is 3.57. The van der Waals surface area contributed by atoms with Gasteiger partial charge in [-0.05, 0) is 18.6 Å². The fourth-order valence-corrected chi connectivity index (χ4v) is 1.76. The first-order valence-electron chi connectivity index (χ1n) is 5.08. The SMILES string of the molecule is N#CCCCN1C(=O)c2ccccc2C1=O. The van der Waals surface area contributed by atoms with Gasteiger partial charge in [-0.15, -0.1) is 0 Å². The van der Waals surface area contributed by atoms with Crippen molar-refractivity contribution in [2.75, 3.05) is 6.54 Å². The average molecular weight is 214 g/mol. The zero-order valence-corrected chi connectivity index (χ0v) is 8.64. The topological polar surface area (TPSA) is 61.2 Å². The van der Waals surface area contributed by atoms with E-state index in [1.165, 1.54) is 4.90 Å². The largest absolute Gasteiger partial charge is 0.274 e. The lowest BCUT2D eigenvalue weighted by atomic mass is 10.1. The summed E-state index contributed by atoms with van der Waals surface area (Å²) in [5.41, 5.74) is 0.925. The van der Waals surface area contributed by atoms with Crippen LogP contribution >= 0.6 is 0 Å². The van der Waals surface area contributed by atoms with Gasteiger partial charge < -0.3 is 0 Å². The van der Waals surface area contributed by atoms with E-state index < -0.39 is 0 Å². The number of hydrogen-bond donors (Lipinski definition) is 0. The van der Waals surface area contributed by atoms with Crippen molar-refractivity contribution in [1.82, 2.24) is 4.90 Å². The maximum absolute atomic E-state index is 11.8. The van der Waals surface area contributed by atoms with Crippen LogP contribution in [-0.2, 0) is 0 Å². The van der Waals surface area contributed by atoms with Crippen LogP contribution < -0.4 is 0 Å². The molecule has 80 valence electrons. The predicted molar refractivity (Wildman–Crippen MR) is 56.7 cm³/mol. The summed E-state index contributed by atoms with van der Waals surface area (Å²) in [6.45, 7) is 0.319. The quantitative estimate of drug-likeness (QED) is 0.567. The van der Waals surface area contributed by atoms with Crippen molar-refractivity contribution in [3.8, 4) is 6.07 Å². The molecule has 0 spiro atoms. The Morgan fingerprint density at radius 3 is 2.19 bits per heavy atom. The van der Waals surface area contributed by atoms with E-state index >= 15 is 0 Å². The lowest BCUT2D eigenvalue weighted by Gasteiger charge is -2.11. The number of nitrogens with zero attached hydrogens (tertiary/aromatic N) is 2. The van der Waals surface area contributed by atoms with Crippen LogP contribution in [0.4, 0.5) is 0 Å². The van der Waals surface area contributed by atoms with Crippen molar-refractivity contribution in [3.05, 3.63) is 35.4 Å². The zero-order valence-electron chi connectivity index (χ0n) is 8.64. The molecule has 0 atom stereocenters. The minimum Gasteiger partial charge on any atom is -0.274 e. The van der Waals surface area contributed by atoms with Crippen LogP contribution in [0.5, 0.6) is 0 Å². The molecule has 4 nitrogen and oxygen atoms in total. The van der Waals surface area contributed by atoms with E-state index in [9.17, 15) is 9.59 Å². The molecule has 2 amide bonds. The number of hydrogen-bond acceptors (Lipinski definition) is 3. The second kappa shape index (κ2) is 4.15. The highest BCUT2D eigenvalue weighted by Crippen LogP contribution is 2.22. The molecule has 4 heteroatoms. The molecule has 0 saturated heterocycles. The van der Waals surface area contributed by atoms with Gasteiger partial charge >= 0.3 is 0 Å². The van der Waals surface area contributed by atoms with Crippen LogP contribution in [0.3, 0.4) is 0 Å². The lowest BCUT2D eigenvalue weighted by Crippen LogP contribution is -2.30. The number of carbonyl (C=O) groups excluding carboxylic acids is 2. The van der Waals surface area contributed by atoms with E-state index in [0.29, 0.717) is 30.5 Å². The fraction of sp³-hybridized carbons (Fsp3) is 0.250. The summed E-state index contributed by atoms with van der Waals surface area (Å²) >= 11 is 0. The maximum atomic E-state index is 11.8. The highest BCUT2D eigenvalue weighted by molar-refractivity contribution is 6.21. The van der Waals surface area contributed by atoms with Gasteiger partial charge in [-0.3, -0.25) is 14.5 Å². The third kappa shape index (κ3) is 1.57. The smallest absolute Gasteiger partial charge is 0.261 e. The van der Waals surface area contributed by atoms with Crippen molar-refractivity contribution >= 4 is 11.8 Å². The molecule has 0 radical (unpaired) electrons. The number of imide groups is 1. The second-order valence-corrected chi connectivity index (χ2v) is 3.57. The molecule has 1 aromatic rings. The van der Waals surface area contributed by atoms with E-state index in [1.54, 1.807) is 24.3 Å². The Morgan fingerprint density at radius 1 is 1.12 bits per heavy atom.